The normalized spacial score (nSPS) is 15.9. The molecular weight excluding hydrogens is 470 g/mol. The molecule has 0 spiro atoms. The van der Waals surface area contributed by atoms with E-state index in [1.807, 2.05) is 18.4 Å². The summed E-state index contributed by atoms with van der Waals surface area (Å²) in [6, 6.07) is 4.55. The maximum Gasteiger partial charge on any atom is 0.324 e. The number of hydrogen-bond donors (Lipinski definition) is 0. The Bertz CT molecular complexity index is 1250. The van der Waals surface area contributed by atoms with E-state index in [0.29, 0.717) is 17.1 Å². The minimum Gasteiger partial charge on any atom is -0.467 e. The van der Waals surface area contributed by atoms with Crippen LogP contribution >= 0.6 is 23.1 Å². The summed E-state index contributed by atoms with van der Waals surface area (Å²) < 4.78 is 11.7. The molecule has 1 aliphatic rings. The topological polar surface area (TPSA) is 103 Å². The minimum atomic E-state index is 0.0589. The van der Waals surface area contributed by atoms with Gasteiger partial charge in [-0.25, -0.2) is 19.9 Å². The average molecular weight is 498 g/mol. The second-order valence-corrected chi connectivity index (χ2v) is 10.4. The van der Waals surface area contributed by atoms with E-state index in [9.17, 15) is 0 Å². The summed E-state index contributed by atoms with van der Waals surface area (Å²) >= 11 is 2.99. The fraction of sp³-hybridized carbons (Fsp3) is 0.478. The van der Waals surface area contributed by atoms with Gasteiger partial charge in [-0.1, -0.05) is 42.1 Å². The predicted molar refractivity (Wildman–Crippen MR) is 134 cm³/mol. The first kappa shape index (κ1) is 23.0. The van der Waals surface area contributed by atoms with Crippen LogP contribution in [-0.4, -0.2) is 55.5 Å². The summed E-state index contributed by atoms with van der Waals surface area (Å²) in [6.07, 6.45) is 7.62. The van der Waals surface area contributed by atoms with Gasteiger partial charge in [0.15, 0.2) is 11.0 Å². The molecule has 34 heavy (non-hydrogen) atoms. The van der Waals surface area contributed by atoms with Gasteiger partial charge in [-0.3, -0.25) is 0 Å². The Morgan fingerprint density at radius 2 is 1.85 bits per heavy atom. The van der Waals surface area contributed by atoms with Crippen molar-refractivity contribution in [1.29, 1.82) is 0 Å². The van der Waals surface area contributed by atoms with Crippen LogP contribution in [0.2, 0.25) is 0 Å². The number of rotatable bonds is 7. The van der Waals surface area contributed by atoms with Gasteiger partial charge in [0.2, 0.25) is 0 Å². The van der Waals surface area contributed by atoms with E-state index in [0.717, 1.165) is 58.5 Å². The highest BCUT2D eigenvalue weighted by Gasteiger charge is 2.28. The molecule has 1 fully saturated rings. The minimum absolute atomic E-state index is 0.0589. The van der Waals surface area contributed by atoms with Gasteiger partial charge >= 0.3 is 6.01 Å². The highest BCUT2D eigenvalue weighted by Crippen LogP contribution is 2.32. The maximum absolute atomic E-state index is 6.26. The SMILES string of the molecule is CSc1ncc(-c2ccc3nc(OC(C)C4CCN(c5nc(C(C)C)no5)CC4)sc3n2)cn1. The van der Waals surface area contributed by atoms with E-state index >= 15 is 0 Å². The van der Waals surface area contributed by atoms with Gasteiger partial charge in [0.1, 0.15) is 16.5 Å². The van der Waals surface area contributed by atoms with Gasteiger partial charge in [-0.05, 0) is 44.1 Å². The number of ether oxygens (including phenoxy) is 1. The molecule has 4 aromatic rings. The summed E-state index contributed by atoms with van der Waals surface area (Å²) in [6.45, 7) is 8.01. The Morgan fingerprint density at radius 3 is 2.53 bits per heavy atom. The summed E-state index contributed by atoms with van der Waals surface area (Å²) in [5.41, 5.74) is 2.56. The van der Waals surface area contributed by atoms with Crippen LogP contribution in [0.1, 0.15) is 45.4 Å². The number of pyridine rings is 1. The molecule has 0 amide bonds. The zero-order valence-electron chi connectivity index (χ0n) is 19.6. The van der Waals surface area contributed by atoms with E-state index in [1.165, 1.54) is 23.1 Å². The number of aromatic nitrogens is 6. The Kier molecular flexibility index (Phi) is 6.64. The predicted octanol–water partition coefficient (Wildman–Crippen LogP) is 5.06. The van der Waals surface area contributed by atoms with Crippen molar-refractivity contribution in [3.05, 3.63) is 30.4 Å². The fourth-order valence-corrected chi connectivity index (χ4v) is 5.15. The van der Waals surface area contributed by atoms with Crippen LogP contribution in [0.5, 0.6) is 5.19 Å². The zero-order valence-corrected chi connectivity index (χ0v) is 21.3. The fourth-order valence-electron chi connectivity index (χ4n) is 3.97. The average Bonchev–Trinajstić information content (AvgIpc) is 3.51. The van der Waals surface area contributed by atoms with Gasteiger partial charge < -0.3 is 14.2 Å². The van der Waals surface area contributed by atoms with Crippen LogP contribution in [-0.2, 0) is 0 Å². The molecule has 1 unspecified atom stereocenters. The second-order valence-electron chi connectivity index (χ2n) is 8.70. The molecule has 0 aromatic carbocycles. The molecule has 11 heteroatoms. The Morgan fingerprint density at radius 1 is 1.09 bits per heavy atom. The molecule has 0 bridgehead atoms. The Labute approximate surface area is 206 Å². The maximum atomic E-state index is 6.26. The summed E-state index contributed by atoms with van der Waals surface area (Å²) in [7, 11) is 0. The van der Waals surface area contributed by atoms with E-state index in [-0.39, 0.29) is 12.0 Å². The van der Waals surface area contributed by atoms with E-state index < -0.39 is 0 Å². The van der Waals surface area contributed by atoms with Crippen molar-refractivity contribution in [3.8, 4) is 16.5 Å². The van der Waals surface area contributed by atoms with E-state index in [2.05, 4.69) is 50.8 Å². The molecule has 9 nitrogen and oxygen atoms in total. The molecule has 0 N–H and O–H groups in total. The third-order valence-corrected chi connectivity index (χ3v) is 7.48. The second kappa shape index (κ2) is 9.83. The highest BCUT2D eigenvalue weighted by molar-refractivity contribution is 7.98. The molecule has 4 aromatic heterocycles. The van der Waals surface area contributed by atoms with Crippen LogP contribution < -0.4 is 9.64 Å². The van der Waals surface area contributed by atoms with Gasteiger partial charge in [-0.15, -0.1) is 0 Å². The quantitative estimate of drug-likeness (QED) is 0.254. The smallest absolute Gasteiger partial charge is 0.324 e. The van der Waals surface area contributed by atoms with Crippen molar-refractivity contribution < 1.29 is 9.26 Å². The molecule has 5 heterocycles. The van der Waals surface area contributed by atoms with Crippen molar-refractivity contribution in [1.82, 2.24) is 30.1 Å². The monoisotopic (exact) mass is 497 g/mol. The van der Waals surface area contributed by atoms with E-state index in [1.54, 1.807) is 12.4 Å². The molecule has 178 valence electrons. The van der Waals surface area contributed by atoms with Crippen LogP contribution in [0, 0.1) is 5.92 Å². The summed E-state index contributed by atoms with van der Waals surface area (Å²) in [5, 5.41) is 5.48. The van der Waals surface area contributed by atoms with Crippen molar-refractivity contribution in [2.45, 2.75) is 50.8 Å². The van der Waals surface area contributed by atoms with Crippen molar-refractivity contribution >= 4 is 39.5 Å². The van der Waals surface area contributed by atoms with Crippen LogP contribution in [0.3, 0.4) is 0 Å². The van der Waals surface area contributed by atoms with Gasteiger partial charge in [0.05, 0.1) is 5.69 Å². The molecule has 0 saturated carbocycles. The van der Waals surface area contributed by atoms with Crippen molar-refractivity contribution in [3.63, 3.8) is 0 Å². The number of thiazole rings is 1. The lowest BCUT2D eigenvalue weighted by Crippen LogP contribution is -2.38. The van der Waals surface area contributed by atoms with Crippen LogP contribution in [0.4, 0.5) is 6.01 Å². The highest BCUT2D eigenvalue weighted by atomic mass is 32.2. The first-order chi connectivity index (χ1) is 16.5. The lowest BCUT2D eigenvalue weighted by molar-refractivity contribution is 0.131. The first-order valence-electron chi connectivity index (χ1n) is 11.4. The number of fused-ring (bicyclic) bond motifs is 1. The Balaban J connectivity index is 1.21. The molecule has 0 radical (unpaired) electrons. The third kappa shape index (κ3) is 4.85. The standard InChI is InChI=1S/C23H27N7O2S2/c1-13(2)19-28-22(32-29-19)30-9-7-15(8-10-30)14(3)31-23-27-18-6-5-17(26-20(18)34-23)16-11-24-21(33-4)25-12-16/h5-6,11-15H,7-10H2,1-4H3. The lowest BCUT2D eigenvalue weighted by Gasteiger charge is -2.33. The molecule has 5 rings (SSSR count). The number of thioether (sulfide) groups is 1. The number of piperidine rings is 1. The molecular formula is C23H27N7O2S2. The molecule has 0 aliphatic carbocycles. The first-order valence-corrected chi connectivity index (χ1v) is 13.4. The molecule has 1 saturated heterocycles. The van der Waals surface area contributed by atoms with Gasteiger partial charge in [0, 0.05) is 37.0 Å². The third-order valence-electron chi connectivity index (χ3n) is 6.05. The number of nitrogens with zero attached hydrogens (tertiary/aromatic N) is 7. The van der Waals surface area contributed by atoms with Crippen LogP contribution in [0.25, 0.3) is 21.6 Å². The lowest BCUT2D eigenvalue weighted by atomic mass is 9.92. The largest absolute Gasteiger partial charge is 0.467 e. The summed E-state index contributed by atoms with van der Waals surface area (Å²) in [4.78, 5) is 25.6. The molecule has 1 aliphatic heterocycles. The number of hydrogen-bond acceptors (Lipinski definition) is 11. The van der Waals surface area contributed by atoms with Gasteiger partial charge in [-0.2, -0.15) is 4.98 Å². The van der Waals surface area contributed by atoms with E-state index in [4.69, 9.17) is 14.2 Å². The van der Waals surface area contributed by atoms with Gasteiger partial charge in [0.25, 0.3) is 5.19 Å². The Hall–Kier alpha value is -2.79. The van der Waals surface area contributed by atoms with Crippen molar-refractivity contribution in [2.75, 3.05) is 24.2 Å². The van der Waals surface area contributed by atoms with Crippen molar-refractivity contribution in [2.24, 2.45) is 5.92 Å². The molecule has 1 atom stereocenters. The van der Waals surface area contributed by atoms with Crippen LogP contribution in [0.15, 0.2) is 34.2 Å². The summed E-state index contributed by atoms with van der Waals surface area (Å²) in [5.74, 6) is 1.45. The number of anilines is 1. The zero-order chi connectivity index (χ0) is 23.7.